The van der Waals surface area contributed by atoms with Gasteiger partial charge in [0.2, 0.25) is 5.91 Å². The molecule has 0 saturated heterocycles. The maximum Gasteiger partial charge on any atom is 0.431 e. The molecule has 0 fully saturated rings. The number of nitrogens with two attached hydrogens (primary N) is 1. The van der Waals surface area contributed by atoms with Gasteiger partial charge in [0.15, 0.2) is 0 Å². The van der Waals surface area contributed by atoms with Crippen molar-refractivity contribution in [3.63, 3.8) is 0 Å². The van der Waals surface area contributed by atoms with E-state index < -0.39 is 41.7 Å². The quantitative estimate of drug-likeness (QED) is 0.295. The van der Waals surface area contributed by atoms with Crippen molar-refractivity contribution in [1.82, 2.24) is 5.01 Å². The van der Waals surface area contributed by atoms with Crippen molar-refractivity contribution in [3.8, 4) is 0 Å². The third-order valence-corrected chi connectivity index (χ3v) is 2.62. The molecule has 0 aromatic carbocycles. The molecule has 0 aromatic heterocycles. The molecule has 0 spiro atoms. The maximum atomic E-state index is 11.8. The second kappa shape index (κ2) is 8.95. The molecule has 0 aliphatic rings. The monoisotopic (exact) mass is 348 g/mol. The zero-order chi connectivity index (χ0) is 19.1. The third-order valence-electron chi connectivity index (χ3n) is 2.62. The molecule has 1 atom stereocenters. The zero-order valence-corrected chi connectivity index (χ0v) is 15.1. The molecule has 0 rings (SSSR count). The Kier molecular flexibility index (Phi) is 8.31. The van der Waals surface area contributed by atoms with E-state index in [4.69, 9.17) is 25.5 Å². The number of aliphatic carboxylic acids is 1. The smallest absolute Gasteiger partial charge is 0.431 e. The van der Waals surface area contributed by atoms with Gasteiger partial charge in [-0.3, -0.25) is 9.59 Å². The molecule has 3 N–H and O–H groups in total. The Morgan fingerprint density at radius 2 is 1.62 bits per heavy atom. The molecular formula is C15H28N2O7. The summed E-state index contributed by atoms with van der Waals surface area (Å²) in [5.74, 6) is 3.35. The first-order chi connectivity index (χ1) is 10.7. The number of ether oxygens (including phenoxy) is 1. The van der Waals surface area contributed by atoms with Gasteiger partial charge >= 0.3 is 12.1 Å². The second-order valence-corrected chi connectivity index (χ2v) is 7.09. The number of hydrogen-bond donors (Lipinski definition) is 2. The molecule has 0 heterocycles. The fourth-order valence-corrected chi connectivity index (χ4v) is 1.67. The van der Waals surface area contributed by atoms with Crippen molar-refractivity contribution >= 4 is 18.0 Å². The summed E-state index contributed by atoms with van der Waals surface area (Å²) < 4.78 is 5.07. The number of carboxylic acid groups (broad SMARTS) is 1. The summed E-state index contributed by atoms with van der Waals surface area (Å²) in [6, 6.07) is 0. The van der Waals surface area contributed by atoms with Crippen LogP contribution in [0.1, 0.15) is 60.8 Å². The minimum Gasteiger partial charge on any atom is -0.481 e. The molecule has 2 amide bonds. The SMILES string of the molecule is CC(CC(C)(C)OOC(C)(C)C)OC(=O)N(N)C(=O)CCC(=O)O. The van der Waals surface area contributed by atoms with Crippen LogP contribution in [0.2, 0.25) is 0 Å². The molecule has 0 aliphatic heterocycles. The van der Waals surface area contributed by atoms with Crippen LogP contribution in [0.5, 0.6) is 0 Å². The second-order valence-electron chi connectivity index (χ2n) is 7.09. The standard InChI is InChI=1S/C15H28N2O7/c1-10(9-15(5,6)24-23-14(2,3)4)22-13(21)17(16)11(18)7-8-12(19)20/h10H,7-9,16H2,1-6H3,(H,19,20). The minimum atomic E-state index is -1.16. The molecule has 24 heavy (non-hydrogen) atoms. The van der Waals surface area contributed by atoms with E-state index in [1.165, 1.54) is 0 Å². The summed E-state index contributed by atoms with van der Waals surface area (Å²) in [5.41, 5.74) is -1.22. The molecule has 0 aliphatic carbocycles. The van der Waals surface area contributed by atoms with Gasteiger partial charge in [-0.25, -0.2) is 20.4 Å². The molecule has 0 radical (unpaired) electrons. The summed E-state index contributed by atoms with van der Waals surface area (Å²) in [6.07, 6.45) is -2.16. The molecule has 9 nitrogen and oxygen atoms in total. The predicted molar refractivity (Wildman–Crippen MR) is 84.5 cm³/mol. The highest BCUT2D eigenvalue weighted by molar-refractivity contribution is 5.92. The average Bonchev–Trinajstić information content (AvgIpc) is 2.40. The van der Waals surface area contributed by atoms with Crippen molar-refractivity contribution in [1.29, 1.82) is 0 Å². The summed E-state index contributed by atoms with van der Waals surface area (Å²) >= 11 is 0. The van der Waals surface area contributed by atoms with Crippen molar-refractivity contribution < 1.29 is 34.0 Å². The number of imide groups is 1. The normalized spacial score (nSPS) is 13.3. The van der Waals surface area contributed by atoms with Crippen LogP contribution in [0.4, 0.5) is 4.79 Å². The lowest BCUT2D eigenvalue weighted by atomic mass is 10.0. The van der Waals surface area contributed by atoms with Crippen LogP contribution in [0.25, 0.3) is 0 Å². The van der Waals surface area contributed by atoms with E-state index in [1.54, 1.807) is 20.8 Å². The highest BCUT2D eigenvalue weighted by Gasteiger charge is 2.29. The average molecular weight is 348 g/mol. The maximum absolute atomic E-state index is 11.8. The first kappa shape index (κ1) is 22.3. The van der Waals surface area contributed by atoms with E-state index in [-0.39, 0.29) is 11.4 Å². The minimum absolute atomic E-state index is 0.277. The predicted octanol–water partition coefficient (Wildman–Crippen LogP) is 1.99. The van der Waals surface area contributed by atoms with E-state index in [9.17, 15) is 14.4 Å². The van der Waals surface area contributed by atoms with Crippen LogP contribution in [-0.4, -0.2) is 45.4 Å². The molecule has 0 aromatic rings. The number of amides is 2. The molecule has 9 heteroatoms. The van der Waals surface area contributed by atoms with Gasteiger partial charge in [0.05, 0.1) is 12.0 Å². The number of rotatable bonds is 8. The Balaban J connectivity index is 4.43. The first-order valence-electron chi connectivity index (χ1n) is 7.60. The Morgan fingerprint density at radius 3 is 2.08 bits per heavy atom. The van der Waals surface area contributed by atoms with Crippen LogP contribution >= 0.6 is 0 Å². The number of carboxylic acids is 1. The number of carbonyl (C=O) groups excluding carboxylic acids is 2. The van der Waals surface area contributed by atoms with Crippen molar-refractivity contribution in [2.24, 2.45) is 5.84 Å². The number of nitrogens with zero attached hydrogens (tertiary/aromatic N) is 1. The van der Waals surface area contributed by atoms with Gasteiger partial charge in [-0.15, -0.1) is 0 Å². The Labute approximate surface area is 141 Å². The molecule has 140 valence electrons. The summed E-state index contributed by atoms with van der Waals surface area (Å²) in [5, 5.41) is 8.79. The van der Waals surface area contributed by atoms with Crippen LogP contribution in [0.15, 0.2) is 0 Å². The highest BCUT2D eigenvalue weighted by atomic mass is 17.2. The van der Waals surface area contributed by atoms with Crippen LogP contribution in [0, 0.1) is 0 Å². The lowest BCUT2D eigenvalue weighted by molar-refractivity contribution is -0.399. The number of hydrogen-bond acceptors (Lipinski definition) is 7. The van der Waals surface area contributed by atoms with Gasteiger partial charge in [-0.1, -0.05) is 0 Å². The number of hydrazine groups is 1. The Hall–Kier alpha value is -1.71. The van der Waals surface area contributed by atoms with Gasteiger partial charge in [-0.2, -0.15) is 5.01 Å². The molecule has 0 bridgehead atoms. The third kappa shape index (κ3) is 10.1. The van der Waals surface area contributed by atoms with Gasteiger partial charge < -0.3 is 9.84 Å². The Bertz CT molecular complexity index is 457. The fourth-order valence-electron chi connectivity index (χ4n) is 1.67. The molecule has 1 unspecified atom stereocenters. The van der Waals surface area contributed by atoms with Crippen LogP contribution in [0.3, 0.4) is 0 Å². The van der Waals surface area contributed by atoms with E-state index in [0.717, 1.165) is 0 Å². The van der Waals surface area contributed by atoms with Crippen LogP contribution in [-0.2, 0) is 24.1 Å². The van der Waals surface area contributed by atoms with Crippen molar-refractivity contribution in [3.05, 3.63) is 0 Å². The van der Waals surface area contributed by atoms with Gasteiger partial charge in [-0.05, 0) is 41.5 Å². The molecular weight excluding hydrogens is 320 g/mol. The first-order valence-corrected chi connectivity index (χ1v) is 7.60. The van der Waals surface area contributed by atoms with E-state index in [2.05, 4.69) is 0 Å². The van der Waals surface area contributed by atoms with Gasteiger partial charge in [0.25, 0.3) is 0 Å². The molecule has 0 saturated carbocycles. The summed E-state index contributed by atoms with van der Waals surface area (Å²) in [6.45, 7) is 10.7. The topological polar surface area (TPSA) is 128 Å². The van der Waals surface area contributed by atoms with Gasteiger partial charge in [0.1, 0.15) is 11.7 Å². The lowest BCUT2D eigenvalue weighted by Gasteiger charge is -2.30. The summed E-state index contributed by atoms with van der Waals surface area (Å²) in [4.78, 5) is 44.4. The van der Waals surface area contributed by atoms with Crippen LogP contribution < -0.4 is 5.84 Å². The highest BCUT2D eigenvalue weighted by Crippen LogP contribution is 2.22. The van der Waals surface area contributed by atoms with Crippen molar-refractivity contribution in [2.75, 3.05) is 0 Å². The largest absolute Gasteiger partial charge is 0.481 e. The van der Waals surface area contributed by atoms with Crippen molar-refractivity contribution in [2.45, 2.75) is 78.1 Å². The Morgan fingerprint density at radius 1 is 1.08 bits per heavy atom. The van der Waals surface area contributed by atoms with Gasteiger partial charge in [0, 0.05) is 12.8 Å². The van der Waals surface area contributed by atoms with E-state index in [0.29, 0.717) is 6.42 Å². The van der Waals surface area contributed by atoms with E-state index >= 15 is 0 Å². The summed E-state index contributed by atoms with van der Waals surface area (Å²) in [7, 11) is 0. The number of carbonyl (C=O) groups is 3. The lowest BCUT2D eigenvalue weighted by Crippen LogP contribution is -2.45. The fraction of sp³-hybridized carbons (Fsp3) is 0.800. The zero-order valence-electron chi connectivity index (χ0n) is 15.1. The van der Waals surface area contributed by atoms with E-state index in [1.807, 2.05) is 20.8 Å².